The lowest BCUT2D eigenvalue weighted by Crippen LogP contribution is -2.20. The third-order valence-electron chi connectivity index (χ3n) is 5.21. The molecule has 0 spiro atoms. The van der Waals surface area contributed by atoms with Gasteiger partial charge in [0, 0.05) is 37.0 Å². The van der Waals surface area contributed by atoms with E-state index in [1.54, 1.807) is 49.4 Å². The summed E-state index contributed by atoms with van der Waals surface area (Å²) in [6, 6.07) is 9.08. The van der Waals surface area contributed by atoms with Crippen LogP contribution in [0.25, 0.3) is 28.3 Å². The monoisotopic (exact) mass is 478 g/mol. The van der Waals surface area contributed by atoms with Crippen molar-refractivity contribution in [2.24, 2.45) is 7.05 Å². The molecule has 0 amide bonds. The molecule has 0 saturated carbocycles. The van der Waals surface area contributed by atoms with E-state index in [0.717, 1.165) is 4.52 Å². The lowest BCUT2D eigenvalue weighted by atomic mass is 10.0. The summed E-state index contributed by atoms with van der Waals surface area (Å²) < 4.78 is 44.4. The average Bonchev–Trinajstić information content (AvgIpc) is 3.51. The maximum Gasteiger partial charge on any atom is 0.333 e. The number of aromatic nitrogens is 8. The van der Waals surface area contributed by atoms with E-state index in [9.17, 15) is 0 Å². The predicted octanol–water partition coefficient (Wildman–Crippen LogP) is 3.15. The van der Waals surface area contributed by atoms with E-state index in [0.29, 0.717) is 35.8 Å². The highest BCUT2D eigenvalue weighted by atomic mass is 19.3. The smallest absolute Gasteiger partial charge is 0.333 e. The van der Waals surface area contributed by atoms with Crippen LogP contribution in [-0.2, 0) is 17.7 Å². The van der Waals surface area contributed by atoms with Crippen LogP contribution in [0.1, 0.15) is 11.4 Å². The van der Waals surface area contributed by atoms with E-state index in [2.05, 4.69) is 30.4 Å². The third-order valence-corrected chi connectivity index (χ3v) is 5.21. The van der Waals surface area contributed by atoms with Crippen molar-refractivity contribution < 1.29 is 18.3 Å². The number of ether oxygens (including phenoxy) is 2. The molecule has 10 nitrogen and oxygen atoms in total. The summed E-state index contributed by atoms with van der Waals surface area (Å²) in [5.74, 6) is -3.35. The van der Waals surface area contributed by atoms with Gasteiger partial charge < -0.3 is 9.47 Å². The molecule has 12 heteroatoms. The molecule has 0 aliphatic heterocycles. The molecular formula is C23H20F2N8O2. The van der Waals surface area contributed by atoms with E-state index >= 15 is 8.78 Å². The molecule has 0 aliphatic carbocycles. The van der Waals surface area contributed by atoms with Gasteiger partial charge in [-0.3, -0.25) is 4.68 Å². The molecule has 0 fully saturated rings. The molecule has 0 bridgehead atoms. The van der Waals surface area contributed by atoms with E-state index in [1.165, 1.54) is 30.6 Å². The van der Waals surface area contributed by atoms with Gasteiger partial charge >= 0.3 is 5.92 Å². The number of nitrogens with zero attached hydrogens (tertiary/aromatic N) is 8. The second kappa shape index (κ2) is 9.14. The summed E-state index contributed by atoms with van der Waals surface area (Å²) in [7, 11) is 3.34. The van der Waals surface area contributed by atoms with Crippen LogP contribution < -0.4 is 4.74 Å². The standard InChI is InChI=1S/C23H20F2N8O2/c1-32-14-16(11-28-32)19-6-7-20-29-30-22(33(20)31-19)23(24,25)17-5-3-4-15(10-17)21-26-12-18(13-27-21)35-9-8-34-2/h3-7,10-14H,8-9H2,1-2H3. The molecule has 4 heterocycles. The molecule has 5 rings (SSSR count). The first kappa shape index (κ1) is 22.5. The fraction of sp³-hybridized carbons (Fsp3) is 0.217. The summed E-state index contributed by atoms with van der Waals surface area (Å²) in [5, 5.41) is 16.1. The van der Waals surface area contributed by atoms with Crippen molar-refractivity contribution in [1.29, 1.82) is 0 Å². The molecule has 0 radical (unpaired) electrons. The molecule has 0 aliphatic rings. The number of methoxy groups -OCH3 is 1. The summed E-state index contributed by atoms with van der Waals surface area (Å²) in [5.41, 5.74) is 1.49. The fourth-order valence-electron chi connectivity index (χ4n) is 3.46. The van der Waals surface area contributed by atoms with Gasteiger partial charge in [-0.1, -0.05) is 18.2 Å². The molecule has 5 aromatic rings. The Bertz CT molecular complexity index is 1470. The van der Waals surface area contributed by atoms with Crippen LogP contribution in [0.3, 0.4) is 0 Å². The van der Waals surface area contributed by atoms with Crippen LogP contribution in [0.4, 0.5) is 8.78 Å². The normalized spacial score (nSPS) is 11.8. The zero-order valence-electron chi connectivity index (χ0n) is 18.8. The molecule has 178 valence electrons. The summed E-state index contributed by atoms with van der Waals surface area (Å²) in [4.78, 5) is 8.47. The van der Waals surface area contributed by atoms with E-state index in [1.807, 2.05) is 0 Å². The van der Waals surface area contributed by atoms with Crippen LogP contribution in [0.2, 0.25) is 0 Å². The first-order chi connectivity index (χ1) is 17.0. The summed E-state index contributed by atoms with van der Waals surface area (Å²) in [6.07, 6.45) is 6.32. The molecule has 0 unspecified atom stereocenters. The Labute approximate surface area is 198 Å². The van der Waals surface area contributed by atoms with E-state index in [4.69, 9.17) is 9.47 Å². The Kier molecular flexibility index (Phi) is 5.87. The SMILES string of the molecule is COCCOc1cnc(-c2cccc(C(F)(F)c3nnc4ccc(-c5cnn(C)c5)nn34)c2)nc1. The average molecular weight is 478 g/mol. The van der Waals surface area contributed by atoms with Crippen LogP contribution in [0.15, 0.2) is 61.2 Å². The number of hydrogen-bond acceptors (Lipinski definition) is 8. The Hall–Kier alpha value is -4.32. The van der Waals surface area contributed by atoms with Crippen molar-refractivity contribution in [2.45, 2.75) is 5.92 Å². The van der Waals surface area contributed by atoms with Gasteiger partial charge in [0.05, 0.1) is 30.9 Å². The number of aryl methyl sites for hydroxylation is 1. The van der Waals surface area contributed by atoms with Crippen molar-refractivity contribution in [3.63, 3.8) is 0 Å². The van der Waals surface area contributed by atoms with Crippen LogP contribution >= 0.6 is 0 Å². The maximum absolute atomic E-state index is 15.7. The summed E-state index contributed by atoms with van der Waals surface area (Å²) in [6.45, 7) is 0.776. The van der Waals surface area contributed by atoms with Gasteiger partial charge in [0.15, 0.2) is 17.2 Å². The predicted molar refractivity (Wildman–Crippen MR) is 121 cm³/mol. The van der Waals surface area contributed by atoms with Crippen LogP contribution in [0, 0.1) is 0 Å². The van der Waals surface area contributed by atoms with Crippen molar-refractivity contribution in [2.75, 3.05) is 20.3 Å². The minimum absolute atomic E-state index is 0.205. The number of halogens is 2. The van der Waals surface area contributed by atoms with Gasteiger partial charge in [0.1, 0.15) is 6.61 Å². The zero-order chi connectivity index (χ0) is 24.4. The second-order valence-electron chi connectivity index (χ2n) is 7.65. The number of rotatable bonds is 8. The summed E-state index contributed by atoms with van der Waals surface area (Å²) >= 11 is 0. The second-order valence-corrected chi connectivity index (χ2v) is 7.65. The van der Waals surface area contributed by atoms with Crippen molar-refractivity contribution in [3.8, 4) is 28.4 Å². The highest BCUT2D eigenvalue weighted by Gasteiger charge is 2.40. The quantitative estimate of drug-likeness (QED) is 0.313. The van der Waals surface area contributed by atoms with Gasteiger partial charge in [-0.2, -0.15) is 23.5 Å². The van der Waals surface area contributed by atoms with Gasteiger partial charge in [-0.15, -0.1) is 10.2 Å². The fourth-order valence-corrected chi connectivity index (χ4v) is 3.46. The van der Waals surface area contributed by atoms with Crippen LogP contribution in [0.5, 0.6) is 5.75 Å². The molecule has 4 aromatic heterocycles. The van der Waals surface area contributed by atoms with Crippen molar-refractivity contribution in [1.82, 2.24) is 39.6 Å². The van der Waals surface area contributed by atoms with E-state index in [-0.39, 0.29) is 17.0 Å². The topological polar surface area (TPSA) is 105 Å². The highest BCUT2D eigenvalue weighted by Crippen LogP contribution is 2.36. The molecule has 0 atom stereocenters. The zero-order valence-corrected chi connectivity index (χ0v) is 18.8. The minimum atomic E-state index is -3.49. The number of fused-ring (bicyclic) bond motifs is 1. The Morgan fingerprint density at radius 3 is 2.54 bits per heavy atom. The Balaban J connectivity index is 1.47. The number of benzene rings is 1. The van der Waals surface area contributed by atoms with Crippen LogP contribution in [-0.4, -0.2) is 59.9 Å². The Morgan fingerprint density at radius 1 is 0.971 bits per heavy atom. The molecule has 0 saturated heterocycles. The van der Waals surface area contributed by atoms with Gasteiger partial charge in [0.25, 0.3) is 0 Å². The van der Waals surface area contributed by atoms with Crippen molar-refractivity contribution in [3.05, 3.63) is 72.6 Å². The first-order valence-electron chi connectivity index (χ1n) is 10.6. The third kappa shape index (κ3) is 4.43. The van der Waals surface area contributed by atoms with Gasteiger partial charge in [-0.05, 0) is 18.2 Å². The Morgan fingerprint density at radius 2 is 1.80 bits per heavy atom. The maximum atomic E-state index is 15.7. The van der Waals surface area contributed by atoms with Gasteiger partial charge in [0.2, 0.25) is 5.82 Å². The molecular weight excluding hydrogens is 458 g/mol. The number of alkyl halides is 2. The lowest BCUT2D eigenvalue weighted by molar-refractivity contribution is 0.0307. The first-order valence-corrected chi connectivity index (χ1v) is 10.6. The molecule has 0 N–H and O–H groups in total. The minimum Gasteiger partial charge on any atom is -0.488 e. The number of hydrogen-bond donors (Lipinski definition) is 0. The largest absolute Gasteiger partial charge is 0.488 e. The van der Waals surface area contributed by atoms with Gasteiger partial charge in [-0.25, -0.2) is 9.97 Å². The lowest BCUT2D eigenvalue weighted by Gasteiger charge is -2.15. The van der Waals surface area contributed by atoms with E-state index < -0.39 is 11.7 Å². The van der Waals surface area contributed by atoms with Crippen molar-refractivity contribution >= 4 is 5.65 Å². The highest BCUT2D eigenvalue weighted by molar-refractivity contribution is 5.59. The molecule has 1 aromatic carbocycles. The molecule has 35 heavy (non-hydrogen) atoms.